The largest absolute Gasteiger partial charge is 0.382 e. The summed E-state index contributed by atoms with van der Waals surface area (Å²) in [6.07, 6.45) is 1.32. The lowest BCUT2D eigenvalue weighted by molar-refractivity contribution is 0.580. The molecule has 0 bridgehead atoms. The summed E-state index contributed by atoms with van der Waals surface area (Å²) >= 11 is 0. The van der Waals surface area contributed by atoms with E-state index in [4.69, 9.17) is 5.73 Å². The average molecular weight is 223 g/mol. The summed E-state index contributed by atoms with van der Waals surface area (Å²) in [4.78, 5) is 0.188. The monoisotopic (exact) mass is 223 g/mol. The van der Waals surface area contributed by atoms with Crippen molar-refractivity contribution in [3.05, 3.63) is 42.6 Å². The number of nitrogens with zero attached hydrogens (tertiary/aromatic N) is 2. The van der Waals surface area contributed by atoms with Crippen LogP contribution in [0, 0.1) is 0 Å². The van der Waals surface area contributed by atoms with Gasteiger partial charge in [-0.3, -0.25) is 0 Å². The first-order valence-corrected chi connectivity index (χ1v) is 5.66. The molecule has 0 spiro atoms. The summed E-state index contributed by atoms with van der Waals surface area (Å²) in [5, 5.41) is 3.67. The van der Waals surface area contributed by atoms with Gasteiger partial charge in [-0.2, -0.15) is 12.5 Å². The van der Waals surface area contributed by atoms with E-state index in [0.717, 1.165) is 4.09 Å². The molecule has 2 N–H and O–H groups in total. The van der Waals surface area contributed by atoms with Crippen molar-refractivity contribution in [2.45, 2.75) is 4.90 Å². The summed E-state index contributed by atoms with van der Waals surface area (Å²) in [6, 6.07) is 9.50. The van der Waals surface area contributed by atoms with Gasteiger partial charge in [0.25, 0.3) is 10.0 Å². The Balaban J connectivity index is 2.54. The van der Waals surface area contributed by atoms with E-state index in [2.05, 4.69) is 5.10 Å². The topological polar surface area (TPSA) is 78.0 Å². The highest BCUT2D eigenvalue weighted by atomic mass is 32.2. The van der Waals surface area contributed by atoms with Crippen LogP contribution < -0.4 is 5.73 Å². The summed E-state index contributed by atoms with van der Waals surface area (Å²) in [5.41, 5.74) is 5.36. The minimum Gasteiger partial charge on any atom is -0.382 e. The van der Waals surface area contributed by atoms with Gasteiger partial charge in [-0.25, -0.2) is 0 Å². The normalized spacial score (nSPS) is 11.5. The van der Waals surface area contributed by atoms with E-state index < -0.39 is 10.0 Å². The maximum atomic E-state index is 11.9. The minimum absolute atomic E-state index is 0.175. The number of nitrogen functional groups attached to an aromatic ring is 1. The number of benzene rings is 1. The molecule has 1 heterocycles. The quantitative estimate of drug-likeness (QED) is 0.813. The molecule has 0 saturated heterocycles. The highest BCUT2D eigenvalue weighted by Gasteiger charge is 2.16. The SMILES string of the molecule is Nc1ccn(S(=O)(=O)c2ccccc2)n1. The van der Waals surface area contributed by atoms with Gasteiger partial charge in [0.1, 0.15) is 5.82 Å². The Morgan fingerprint density at radius 1 is 1.13 bits per heavy atom. The minimum atomic E-state index is -3.59. The van der Waals surface area contributed by atoms with E-state index in [0.29, 0.717) is 0 Å². The van der Waals surface area contributed by atoms with Crippen molar-refractivity contribution >= 4 is 15.8 Å². The molecule has 0 fully saturated rings. The molecule has 0 amide bonds. The Bertz CT molecular complexity index is 560. The Labute approximate surface area is 87.2 Å². The molecule has 0 atom stereocenters. The Morgan fingerprint density at radius 2 is 1.80 bits per heavy atom. The van der Waals surface area contributed by atoms with Gasteiger partial charge in [-0.1, -0.05) is 18.2 Å². The third kappa shape index (κ3) is 1.71. The molecule has 5 nitrogen and oxygen atoms in total. The van der Waals surface area contributed by atoms with Crippen LogP contribution in [0.2, 0.25) is 0 Å². The second kappa shape index (κ2) is 3.39. The lowest BCUT2D eigenvalue weighted by atomic mass is 10.4. The zero-order valence-electron chi connectivity index (χ0n) is 7.74. The third-order valence-corrected chi connectivity index (χ3v) is 3.44. The summed E-state index contributed by atoms with van der Waals surface area (Å²) in [5.74, 6) is 0.175. The number of rotatable bonds is 2. The molecular formula is C9H9N3O2S. The molecule has 0 saturated carbocycles. The number of anilines is 1. The molecule has 0 aliphatic carbocycles. The standard InChI is InChI=1S/C9H9N3O2S/c10-9-6-7-12(11-9)15(13,14)8-4-2-1-3-5-8/h1-7H,(H2,10,11). The van der Waals surface area contributed by atoms with E-state index in [1.165, 1.54) is 24.4 Å². The molecule has 0 aliphatic rings. The second-order valence-electron chi connectivity index (χ2n) is 2.93. The van der Waals surface area contributed by atoms with Crippen molar-refractivity contribution in [1.29, 1.82) is 0 Å². The van der Waals surface area contributed by atoms with Crippen LogP contribution in [0.1, 0.15) is 0 Å². The van der Waals surface area contributed by atoms with Crippen molar-refractivity contribution in [2.24, 2.45) is 0 Å². The summed E-state index contributed by atoms with van der Waals surface area (Å²) < 4.78 is 24.6. The Morgan fingerprint density at radius 3 is 2.33 bits per heavy atom. The smallest absolute Gasteiger partial charge is 0.283 e. The van der Waals surface area contributed by atoms with Crippen LogP contribution in [0.3, 0.4) is 0 Å². The Hall–Kier alpha value is -1.82. The van der Waals surface area contributed by atoms with Gasteiger partial charge in [-0.05, 0) is 12.1 Å². The number of aromatic nitrogens is 2. The van der Waals surface area contributed by atoms with Crippen LogP contribution >= 0.6 is 0 Å². The van der Waals surface area contributed by atoms with E-state index >= 15 is 0 Å². The highest BCUT2D eigenvalue weighted by molar-refractivity contribution is 7.89. The third-order valence-electron chi connectivity index (χ3n) is 1.87. The van der Waals surface area contributed by atoms with Crippen molar-refractivity contribution < 1.29 is 8.42 Å². The molecule has 1 aromatic heterocycles. The fourth-order valence-corrected chi connectivity index (χ4v) is 2.29. The van der Waals surface area contributed by atoms with E-state index in [9.17, 15) is 8.42 Å². The van der Waals surface area contributed by atoms with Gasteiger partial charge >= 0.3 is 0 Å². The van der Waals surface area contributed by atoms with Crippen LogP contribution in [0.15, 0.2) is 47.5 Å². The summed E-state index contributed by atoms with van der Waals surface area (Å²) in [7, 11) is -3.59. The van der Waals surface area contributed by atoms with Crippen molar-refractivity contribution in [3.8, 4) is 0 Å². The zero-order valence-corrected chi connectivity index (χ0v) is 8.55. The molecule has 2 rings (SSSR count). The van der Waals surface area contributed by atoms with Crippen LogP contribution in [0.5, 0.6) is 0 Å². The van der Waals surface area contributed by atoms with Crippen molar-refractivity contribution in [3.63, 3.8) is 0 Å². The molecule has 2 aromatic rings. The molecule has 78 valence electrons. The first-order chi connectivity index (χ1) is 7.10. The Kier molecular flexibility index (Phi) is 2.20. The van der Waals surface area contributed by atoms with Gasteiger partial charge in [0, 0.05) is 12.3 Å². The second-order valence-corrected chi connectivity index (χ2v) is 4.73. The molecular weight excluding hydrogens is 214 g/mol. The fourth-order valence-electron chi connectivity index (χ4n) is 1.15. The fraction of sp³-hybridized carbons (Fsp3) is 0. The maximum absolute atomic E-state index is 11.9. The van der Waals surface area contributed by atoms with Crippen molar-refractivity contribution in [1.82, 2.24) is 9.19 Å². The average Bonchev–Trinajstić information content (AvgIpc) is 2.67. The number of hydrogen-bond acceptors (Lipinski definition) is 4. The van der Waals surface area contributed by atoms with Gasteiger partial charge < -0.3 is 5.73 Å². The van der Waals surface area contributed by atoms with Crippen LogP contribution in [0.4, 0.5) is 5.82 Å². The molecule has 0 aliphatic heterocycles. The van der Waals surface area contributed by atoms with Gasteiger partial charge in [0.15, 0.2) is 0 Å². The highest BCUT2D eigenvalue weighted by Crippen LogP contribution is 2.12. The molecule has 1 aromatic carbocycles. The van der Waals surface area contributed by atoms with Crippen LogP contribution in [0.25, 0.3) is 0 Å². The zero-order chi connectivity index (χ0) is 10.9. The van der Waals surface area contributed by atoms with Crippen molar-refractivity contribution in [2.75, 3.05) is 5.73 Å². The first kappa shape index (κ1) is 9.72. The van der Waals surface area contributed by atoms with E-state index in [-0.39, 0.29) is 10.7 Å². The summed E-state index contributed by atoms with van der Waals surface area (Å²) in [6.45, 7) is 0. The van der Waals surface area contributed by atoms with E-state index in [1.807, 2.05) is 0 Å². The van der Waals surface area contributed by atoms with Gasteiger partial charge in [-0.15, -0.1) is 5.10 Å². The molecule has 0 radical (unpaired) electrons. The lowest BCUT2D eigenvalue weighted by Crippen LogP contribution is -2.13. The first-order valence-electron chi connectivity index (χ1n) is 4.22. The maximum Gasteiger partial charge on any atom is 0.283 e. The molecule has 6 heteroatoms. The van der Waals surface area contributed by atoms with Gasteiger partial charge in [0.05, 0.1) is 4.90 Å². The van der Waals surface area contributed by atoms with Crippen LogP contribution in [-0.4, -0.2) is 17.6 Å². The molecule has 15 heavy (non-hydrogen) atoms. The van der Waals surface area contributed by atoms with E-state index in [1.54, 1.807) is 18.2 Å². The lowest BCUT2D eigenvalue weighted by Gasteiger charge is -2.02. The number of nitrogens with two attached hydrogens (primary N) is 1. The molecule has 0 unspecified atom stereocenters. The number of hydrogen-bond donors (Lipinski definition) is 1. The predicted octanol–water partition coefficient (Wildman–Crippen LogP) is 0.702. The predicted molar refractivity (Wildman–Crippen MR) is 55.7 cm³/mol. The van der Waals surface area contributed by atoms with Gasteiger partial charge in [0.2, 0.25) is 0 Å². The van der Waals surface area contributed by atoms with Crippen LogP contribution in [-0.2, 0) is 10.0 Å².